The summed E-state index contributed by atoms with van der Waals surface area (Å²) in [5.74, 6) is -0.221. The molecular weight excluding hydrogens is 317 g/mol. The van der Waals surface area contributed by atoms with Gasteiger partial charge in [0, 0.05) is 6.04 Å². The maximum Gasteiger partial charge on any atom is 0.137 e. The first-order valence-electron chi connectivity index (χ1n) is 6.70. The minimum absolute atomic E-state index is 0.221. The van der Waals surface area contributed by atoms with Crippen LogP contribution in [-0.4, -0.2) is 7.05 Å². The van der Waals surface area contributed by atoms with Crippen molar-refractivity contribution in [3.63, 3.8) is 0 Å². The summed E-state index contributed by atoms with van der Waals surface area (Å²) in [6, 6.07) is 11.8. The quantitative estimate of drug-likeness (QED) is 0.853. The topological polar surface area (TPSA) is 12.0 Å². The zero-order chi connectivity index (χ0) is 14.7. The van der Waals surface area contributed by atoms with E-state index < -0.39 is 0 Å². The van der Waals surface area contributed by atoms with E-state index in [0.717, 1.165) is 12.0 Å². The van der Waals surface area contributed by atoms with Crippen molar-refractivity contribution in [1.82, 2.24) is 5.32 Å². The first-order chi connectivity index (χ1) is 9.52. The fraction of sp³-hybridized carbons (Fsp3) is 0.294. The van der Waals surface area contributed by atoms with Crippen LogP contribution in [0.1, 0.15) is 28.3 Å². The van der Waals surface area contributed by atoms with Gasteiger partial charge in [-0.05, 0) is 77.6 Å². The SMILES string of the molecule is CNC(Cc1ccc(F)c(Br)c1)c1cccc(C)c1C. The number of nitrogens with one attached hydrogen (secondary N) is 1. The number of rotatable bonds is 4. The van der Waals surface area contributed by atoms with Gasteiger partial charge in [0.25, 0.3) is 0 Å². The van der Waals surface area contributed by atoms with Crippen LogP contribution in [0.3, 0.4) is 0 Å². The van der Waals surface area contributed by atoms with Crippen molar-refractivity contribution in [1.29, 1.82) is 0 Å². The molecule has 1 unspecified atom stereocenters. The highest BCUT2D eigenvalue weighted by Gasteiger charge is 2.14. The van der Waals surface area contributed by atoms with E-state index in [1.165, 1.54) is 22.8 Å². The van der Waals surface area contributed by atoms with Gasteiger partial charge in [0.05, 0.1) is 4.47 Å². The van der Waals surface area contributed by atoms with Crippen molar-refractivity contribution in [2.24, 2.45) is 0 Å². The maximum absolute atomic E-state index is 13.3. The van der Waals surface area contributed by atoms with Crippen LogP contribution < -0.4 is 5.32 Å². The number of likely N-dealkylation sites (N-methyl/N-ethyl adjacent to an activating group) is 1. The Morgan fingerprint density at radius 2 is 1.95 bits per heavy atom. The van der Waals surface area contributed by atoms with Crippen LogP contribution in [0.4, 0.5) is 4.39 Å². The highest BCUT2D eigenvalue weighted by Crippen LogP contribution is 2.25. The molecule has 3 heteroatoms. The molecule has 0 saturated carbocycles. The molecule has 2 aromatic carbocycles. The van der Waals surface area contributed by atoms with Crippen LogP contribution in [0.2, 0.25) is 0 Å². The Hall–Kier alpha value is -1.19. The molecule has 2 aromatic rings. The summed E-state index contributed by atoms with van der Waals surface area (Å²) < 4.78 is 13.8. The standard InChI is InChI=1S/C17H19BrFN/c1-11-5-4-6-14(12(11)2)17(20-3)10-13-7-8-16(19)15(18)9-13/h4-9,17,20H,10H2,1-3H3. The molecule has 1 nitrogen and oxygen atoms in total. The number of halogens is 2. The summed E-state index contributed by atoms with van der Waals surface area (Å²) in [6.45, 7) is 4.27. The number of hydrogen-bond acceptors (Lipinski definition) is 1. The van der Waals surface area contributed by atoms with E-state index >= 15 is 0 Å². The monoisotopic (exact) mass is 335 g/mol. The van der Waals surface area contributed by atoms with Crippen LogP contribution in [0.15, 0.2) is 40.9 Å². The van der Waals surface area contributed by atoms with Crippen molar-refractivity contribution in [3.05, 3.63) is 68.9 Å². The van der Waals surface area contributed by atoms with Crippen molar-refractivity contribution in [2.75, 3.05) is 7.05 Å². The van der Waals surface area contributed by atoms with E-state index in [1.807, 2.05) is 19.2 Å². The molecule has 0 aliphatic rings. The normalized spacial score (nSPS) is 12.4. The van der Waals surface area contributed by atoms with E-state index in [1.54, 1.807) is 0 Å². The van der Waals surface area contributed by atoms with E-state index in [9.17, 15) is 4.39 Å². The second kappa shape index (κ2) is 6.51. The Labute approximate surface area is 128 Å². The molecule has 20 heavy (non-hydrogen) atoms. The first kappa shape index (κ1) is 15.2. The van der Waals surface area contributed by atoms with E-state index in [2.05, 4.69) is 53.3 Å². The number of benzene rings is 2. The summed E-state index contributed by atoms with van der Waals surface area (Å²) in [6.07, 6.45) is 0.833. The molecule has 0 fully saturated rings. The molecule has 0 aromatic heterocycles. The zero-order valence-corrected chi connectivity index (χ0v) is 13.6. The van der Waals surface area contributed by atoms with E-state index in [0.29, 0.717) is 4.47 Å². The lowest BCUT2D eigenvalue weighted by Crippen LogP contribution is -2.20. The van der Waals surface area contributed by atoms with Crippen molar-refractivity contribution < 1.29 is 4.39 Å². The summed E-state index contributed by atoms with van der Waals surface area (Å²) >= 11 is 3.24. The van der Waals surface area contributed by atoms with Crippen molar-refractivity contribution in [2.45, 2.75) is 26.3 Å². The summed E-state index contributed by atoms with van der Waals surface area (Å²) in [7, 11) is 1.96. The molecule has 0 heterocycles. The van der Waals surface area contributed by atoms with Gasteiger partial charge in [0.1, 0.15) is 5.82 Å². The molecule has 0 saturated heterocycles. The Kier molecular flexibility index (Phi) is 4.95. The Bertz CT molecular complexity index is 610. The van der Waals surface area contributed by atoms with E-state index in [-0.39, 0.29) is 11.9 Å². The second-order valence-corrected chi connectivity index (χ2v) is 5.94. The van der Waals surface area contributed by atoms with Gasteiger partial charge in [-0.15, -0.1) is 0 Å². The Morgan fingerprint density at radius 3 is 2.60 bits per heavy atom. The predicted molar refractivity (Wildman–Crippen MR) is 85.5 cm³/mol. The lowest BCUT2D eigenvalue weighted by Gasteiger charge is -2.20. The molecule has 0 amide bonds. The van der Waals surface area contributed by atoms with Crippen LogP contribution in [0.5, 0.6) is 0 Å². The minimum Gasteiger partial charge on any atom is -0.313 e. The van der Waals surface area contributed by atoms with Gasteiger partial charge >= 0.3 is 0 Å². The third kappa shape index (κ3) is 3.28. The van der Waals surface area contributed by atoms with Gasteiger partial charge in [-0.1, -0.05) is 24.3 Å². The fourth-order valence-electron chi connectivity index (χ4n) is 2.42. The Morgan fingerprint density at radius 1 is 1.20 bits per heavy atom. The number of aryl methyl sites for hydroxylation is 1. The Balaban J connectivity index is 2.28. The van der Waals surface area contributed by atoms with Gasteiger partial charge in [-0.25, -0.2) is 4.39 Å². The minimum atomic E-state index is -0.221. The highest BCUT2D eigenvalue weighted by molar-refractivity contribution is 9.10. The highest BCUT2D eigenvalue weighted by atomic mass is 79.9. The first-order valence-corrected chi connectivity index (χ1v) is 7.49. The average Bonchev–Trinajstić information content (AvgIpc) is 2.43. The molecule has 1 atom stereocenters. The summed E-state index contributed by atoms with van der Waals surface area (Å²) in [5, 5.41) is 3.36. The van der Waals surface area contributed by atoms with Crippen molar-refractivity contribution >= 4 is 15.9 Å². The predicted octanol–water partition coefficient (Wildman–Crippen LogP) is 4.71. The zero-order valence-electron chi connectivity index (χ0n) is 12.0. The number of hydrogen-bond donors (Lipinski definition) is 1. The van der Waals surface area contributed by atoms with Gasteiger partial charge in [0.2, 0.25) is 0 Å². The van der Waals surface area contributed by atoms with Crippen LogP contribution >= 0.6 is 15.9 Å². The molecule has 106 valence electrons. The molecule has 0 bridgehead atoms. The van der Waals surface area contributed by atoms with Gasteiger partial charge in [0.15, 0.2) is 0 Å². The van der Waals surface area contributed by atoms with Crippen LogP contribution in [-0.2, 0) is 6.42 Å². The van der Waals surface area contributed by atoms with Gasteiger partial charge < -0.3 is 5.32 Å². The molecule has 0 aliphatic carbocycles. The smallest absolute Gasteiger partial charge is 0.137 e. The second-order valence-electron chi connectivity index (χ2n) is 5.08. The lowest BCUT2D eigenvalue weighted by atomic mass is 9.93. The maximum atomic E-state index is 13.3. The van der Waals surface area contributed by atoms with Gasteiger partial charge in [-0.3, -0.25) is 0 Å². The molecule has 0 radical (unpaired) electrons. The third-order valence-electron chi connectivity index (χ3n) is 3.79. The molecule has 1 N–H and O–H groups in total. The average molecular weight is 336 g/mol. The molecule has 2 rings (SSSR count). The summed E-state index contributed by atoms with van der Waals surface area (Å²) in [5.41, 5.74) is 5.02. The van der Waals surface area contributed by atoms with Crippen LogP contribution in [0, 0.1) is 19.7 Å². The lowest BCUT2D eigenvalue weighted by molar-refractivity contribution is 0.584. The molecule has 0 spiro atoms. The van der Waals surface area contributed by atoms with Gasteiger partial charge in [-0.2, -0.15) is 0 Å². The van der Waals surface area contributed by atoms with E-state index in [4.69, 9.17) is 0 Å². The summed E-state index contributed by atoms with van der Waals surface area (Å²) in [4.78, 5) is 0. The molecule has 0 aliphatic heterocycles. The van der Waals surface area contributed by atoms with Crippen molar-refractivity contribution in [3.8, 4) is 0 Å². The molecular formula is C17H19BrFN. The fourth-order valence-corrected chi connectivity index (χ4v) is 2.85. The van der Waals surface area contributed by atoms with Crippen LogP contribution in [0.25, 0.3) is 0 Å². The largest absolute Gasteiger partial charge is 0.313 e. The third-order valence-corrected chi connectivity index (χ3v) is 4.40.